The van der Waals surface area contributed by atoms with Gasteiger partial charge in [-0.1, -0.05) is 0 Å². The van der Waals surface area contributed by atoms with E-state index in [1.165, 1.54) is 30.3 Å². The van der Waals surface area contributed by atoms with Crippen molar-refractivity contribution in [2.45, 2.75) is 12.8 Å². The van der Waals surface area contributed by atoms with Gasteiger partial charge in [-0.3, -0.25) is 9.79 Å². The van der Waals surface area contributed by atoms with E-state index in [4.69, 9.17) is 25.7 Å². The molecule has 0 aliphatic rings. The molecule has 0 aliphatic carbocycles. The van der Waals surface area contributed by atoms with Crippen LogP contribution in [0.2, 0.25) is 0 Å². The third kappa shape index (κ3) is 4.81. The number of guanidine groups is 1. The van der Waals surface area contributed by atoms with Gasteiger partial charge in [-0.15, -0.1) is 0 Å². The first-order valence-corrected chi connectivity index (χ1v) is 9.46. The molecule has 10 heteroatoms. The Morgan fingerprint density at radius 1 is 1.10 bits per heavy atom. The van der Waals surface area contributed by atoms with Crippen molar-refractivity contribution in [3.63, 3.8) is 0 Å². The minimum Gasteiger partial charge on any atom is -0.508 e. The van der Waals surface area contributed by atoms with Crippen molar-refractivity contribution in [2.75, 3.05) is 19.8 Å². The van der Waals surface area contributed by atoms with E-state index in [1.54, 1.807) is 0 Å². The number of hydrogen-bond donors (Lipinski definition) is 6. The van der Waals surface area contributed by atoms with Crippen molar-refractivity contribution in [3.05, 3.63) is 46.1 Å². The van der Waals surface area contributed by atoms with Gasteiger partial charge in [0.2, 0.25) is 11.2 Å². The highest BCUT2D eigenvalue weighted by atomic mass is 16.5. The molecule has 0 spiro atoms. The summed E-state index contributed by atoms with van der Waals surface area (Å²) >= 11 is 0. The molecule has 1 heterocycles. The third-order valence-electron chi connectivity index (χ3n) is 4.49. The van der Waals surface area contributed by atoms with Crippen molar-refractivity contribution in [1.82, 2.24) is 0 Å². The molecule has 8 N–H and O–H groups in total. The molecule has 31 heavy (non-hydrogen) atoms. The normalized spacial score (nSPS) is 10.9. The van der Waals surface area contributed by atoms with Crippen LogP contribution in [-0.2, 0) is 6.42 Å². The standard InChI is InChI=1S/C21H23N3O7/c22-21(23)24-5-4-11-8-12(26)2-3-14(11)20-19(29)18(28)17-15(30-7-1-6-25)9-13(27)10-16(17)31-20/h2-3,8-10,25-27,29H,1,4-7H2,(H4,22,23,24). The Kier molecular flexibility index (Phi) is 6.51. The average molecular weight is 429 g/mol. The maximum absolute atomic E-state index is 12.9. The molecule has 164 valence electrons. The fraction of sp³-hybridized carbons (Fsp3) is 0.238. The van der Waals surface area contributed by atoms with E-state index < -0.39 is 11.2 Å². The number of nitrogens with zero attached hydrogens (tertiary/aromatic N) is 1. The van der Waals surface area contributed by atoms with E-state index in [9.17, 15) is 20.1 Å². The zero-order chi connectivity index (χ0) is 22.5. The van der Waals surface area contributed by atoms with E-state index in [0.717, 1.165) is 0 Å². The lowest BCUT2D eigenvalue weighted by molar-refractivity contribution is 0.234. The van der Waals surface area contributed by atoms with Crippen LogP contribution in [0, 0.1) is 0 Å². The summed E-state index contributed by atoms with van der Waals surface area (Å²) in [6.45, 7) is 0.204. The maximum atomic E-state index is 12.9. The van der Waals surface area contributed by atoms with Crippen LogP contribution >= 0.6 is 0 Å². The van der Waals surface area contributed by atoms with Gasteiger partial charge in [0.25, 0.3) is 0 Å². The average Bonchev–Trinajstić information content (AvgIpc) is 2.70. The van der Waals surface area contributed by atoms with E-state index in [2.05, 4.69) is 4.99 Å². The summed E-state index contributed by atoms with van der Waals surface area (Å²) in [4.78, 5) is 16.8. The van der Waals surface area contributed by atoms with Crippen LogP contribution in [0.25, 0.3) is 22.3 Å². The van der Waals surface area contributed by atoms with Gasteiger partial charge in [0.15, 0.2) is 11.7 Å². The molecule has 3 aromatic rings. The van der Waals surface area contributed by atoms with Crippen LogP contribution in [0.1, 0.15) is 12.0 Å². The zero-order valence-electron chi connectivity index (χ0n) is 16.5. The van der Waals surface area contributed by atoms with Crippen LogP contribution < -0.4 is 21.6 Å². The monoisotopic (exact) mass is 429 g/mol. The predicted molar refractivity (Wildman–Crippen MR) is 114 cm³/mol. The number of rotatable bonds is 8. The fourth-order valence-corrected chi connectivity index (χ4v) is 3.12. The van der Waals surface area contributed by atoms with Crippen LogP contribution in [-0.4, -0.2) is 46.1 Å². The molecule has 0 bridgehead atoms. The Morgan fingerprint density at radius 3 is 2.58 bits per heavy atom. The van der Waals surface area contributed by atoms with Gasteiger partial charge in [0, 0.05) is 37.3 Å². The van der Waals surface area contributed by atoms with Crippen LogP contribution in [0.5, 0.6) is 23.0 Å². The van der Waals surface area contributed by atoms with Gasteiger partial charge in [-0.25, -0.2) is 0 Å². The molecule has 2 aromatic carbocycles. The van der Waals surface area contributed by atoms with E-state index >= 15 is 0 Å². The number of hydrogen-bond acceptors (Lipinski definition) is 8. The Morgan fingerprint density at radius 2 is 1.87 bits per heavy atom. The second kappa shape index (κ2) is 9.26. The third-order valence-corrected chi connectivity index (χ3v) is 4.49. The van der Waals surface area contributed by atoms with Crippen molar-refractivity contribution in [2.24, 2.45) is 16.5 Å². The number of aliphatic hydroxyl groups is 1. The van der Waals surface area contributed by atoms with Crippen molar-refractivity contribution in [3.8, 4) is 34.3 Å². The van der Waals surface area contributed by atoms with Gasteiger partial charge in [0.1, 0.15) is 28.2 Å². The summed E-state index contributed by atoms with van der Waals surface area (Å²) < 4.78 is 11.3. The molecule has 0 fully saturated rings. The number of phenolic OH excluding ortho intramolecular Hbond substituents is 2. The Hall–Kier alpha value is -3.92. The maximum Gasteiger partial charge on any atom is 0.238 e. The molecule has 0 atom stereocenters. The number of phenols is 2. The number of benzene rings is 2. The Balaban J connectivity index is 2.15. The summed E-state index contributed by atoms with van der Waals surface area (Å²) in [5.74, 6) is -1.08. The lowest BCUT2D eigenvalue weighted by Crippen LogP contribution is -2.23. The SMILES string of the molecule is NC(N)=NCCc1cc(O)ccc1-c1oc2cc(O)cc(OCCCO)c2c(=O)c1O. The van der Waals surface area contributed by atoms with Crippen LogP contribution in [0.3, 0.4) is 0 Å². The molecule has 0 saturated carbocycles. The Bertz CT molecular complexity index is 1180. The topological polar surface area (TPSA) is 185 Å². The van der Waals surface area contributed by atoms with Gasteiger partial charge in [0.05, 0.1) is 6.61 Å². The van der Waals surface area contributed by atoms with Gasteiger partial charge in [-0.05, 0) is 30.2 Å². The predicted octanol–water partition coefficient (Wildman–Crippen LogP) is 1.15. The molecular weight excluding hydrogens is 406 g/mol. The molecule has 0 amide bonds. The largest absolute Gasteiger partial charge is 0.508 e. The molecule has 0 radical (unpaired) electrons. The summed E-state index contributed by atoms with van der Waals surface area (Å²) in [5.41, 5.74) is 10.8. The van der Waals surface area contributed by atoms with Crippen molar-refractivity contribution < 1.29 is 29.6 Å². The van der Waals surface area contributed by atoms with Crippen molar-refractivity contribution in [1.29, 1.82) is 0 Å². The number of aliphatic hydroxyl groups excluding tert-OH is 1. The van der Waals surface area contributed by atoms with Gasteiger partial charge >= 0.3 is 0 Å². The zero-order valence-corrected chi connectivity index (χ0v) is 16.5. The first-order chi connectivity index (χ1) is 14.8. The van der Waals surface area contributed by atoms with Crippen LogP contribution in [0.15, 0.2) is 44.5 Å². The molecule has 0 aliphatic heterocycles. The number of aliphatic imine (C=N–C) groups is 1. The Labute approximate surface area is 176 Å². The summed E-state index contributed by atoms with van der Waals surface area (Å²) in [6, 6.07) is 6.79. The minimum absolute atomic E-state index is 0.0000435. The highest BCUT2D eigenvalue weighted by Crippen LogP contribution is 2.37. The first kappa shape index (κ1) is 21.8. The molecule has 3 rings (SSSR count). The summed E-state index contributed by atoms with van der Waals surface area (Å²) in [7, 11) is 0. The number of ether oxygens (including phenoxy) is 1. The number of nitrogens with two attached hydrogens (primary N) is 2. The molecule has 1 aromatic heterocycles. The van der Waals surface area contributed by atoms with E-state index in [1.807, 2.05) is 0 Å². The van der Waals surface area contributed by atoms with E-state index in [0.29, 0.717) is 24.0 Å². The fourth-order valence-electron chi connectivity index (χ4n) is 3.12. The first-order valence-electron chi connectivity index (χ1n) is 9.46. The second-order valence-electron chi connectivity index (χ2n) is 6.75. The van der Waals surface area contributed by atoms with Crippen LogP contribution in [0.4, 0.5) is 0 Å². The number of fused-ring (bicyclic) bond motifs is 1. The summed E-state index contributed by atoms with van der Waals surface area (Å²) in [5, 5.41) is 39.4. The quantitative estimate of drug-likeness (QED) is 0.174. The molecule has 0 saturated heterocycles. The molecular formula is C21H23N3O7. The molecule has 0 unspecified atom stereocenters. The number of aromatic hydroxyl groups is 3. The highest BCUT2D eigenvalue weighted by Gasteiger charge is 2.21. The van der Waals surface area contributed by atoms with E-state index in [-0.39, 0.29) is 59.7 Å². The summed E-state index contributed by atoms with van der Waals surface area (Å²) in [6.07, 6.45) is 0.609. The smallest absolute Gasteiger partial charge is 0.238 e. The lowest BCUT2D eigenvalue weighted by Gasteiger charge is -2.13. The molecule has 10 nitrogen and oxygen atoms in total. The van der Waals surface area contributed by atoms with Crippen molar-refractivity contribution >= 4 is 16.9 Å². The lowest BCUT2D eigenvalue weighted by atomic mass is 10.0. The second-order valence-corrected chi connectivity index (χ2v) is 6.75. The highest BCUT2D eigenvalue weighted by molar-refractivity contribution is 5.88. The van der Waals surface area contributed by atoms with Gasteiger partial charge < -0.3 is 41.0 Å². The minimum atomic E-state index is -0.751. The van der Waals surface area contributed by atoms with Gasteiger partial charge in [-0.2, -0.15) is 0 Å².